The van der Waals surface area contributed by atoms with E-state index in [0.717, 1.165) is 24.2 Å². The van der Waals surface area contributed by atoms with Gasteiger partial charge in [0.05, 0.1) is 18.0 Å². The molecule has 0 spiro atoms. The van der Waals surface area contributed by atoms with Gasteiger partial charge < -0.3 is 4.74 Å². The summed E-state index contributed by atoms with van der Waals surface area (Å²) in [5.41, 5.74) is 3.47. The molecular weight excluding hydrogens is 200 g/mol. The Morgan fingerprint density at radius 2 is 2.00 bits per heavy atom. The summed E-state index contributed by atoms with van der Waals surface area (Å²) in [5, 5.41) is 7.21. The lowest BCUT2D eigenvalue weighted by Crippen LogP contribution is -1.90. The number of nitrogens with one attached hydrogen (secondary N) is 1. The summed E-state index contributed by atoms with van der Waals surface area (Å²) in [6.07, 6.45) is 1.99. The molecule has 0 unspecified atom stereocenters. The second kappa shape index (κ2) is 5.47. The van der Waals surface area contributed by atoms with E-state index in [1.807, 2.05) is 6.07 Å². The Balaban J connectivity index is 1.89. The molecule has 0 radical (unpaired) electrons. The fourth-order valence-corrected chi connectivity index (χ4v) is 1.68. The second-order valence-electron chi connectivity index (χ2n) is 3.80. The van der Waals surface area contributed by atoms with Gasteiger partial charge in [-0.05, 0) is 24.5 Å². The number of methoxy groups -OCH3 is 1. The van der Waals surface area contributed by atoms with Gasteiger partial charge in [-0.25, -0.2) is 0 Å². The first kappa shape index (κ1) is 10.9. The van der Waals surface area contributed by atoms with Crippen molar-refractivity contribution in [3.8, 4) is 0 Å². The van der Waals surface area contributed by atoms with Gasteiger partial charge in [0.25, 0.3) is 0 Å². The van der Waals surface area contributed by atoms with Crippen LogP contribution in [0.25, 0.3) is 0 Å². The molecule has 0 amide bonds. The Morgan fingerprint density at radius 3 is 2.75 bits per heavy atom. The van der Waals surface area contributed by atoms with E-state index in [1.165, 1.54) is 5.56 Å². The number of rotatable bonds is 5. The second-order valence-corrected chi connectivity index (χ2v) is 3.80. The highest BCUT2D eigenvalue weighted by Crippen LogP contribution is 2.06. The van der Waals surface area contributed by atoms with Gasteiger partial charge >= 0.3 is 0 Å². The minimum Gasteiger partial charge on any atom is -0.378 e. The van der Waals surface area contributed by atoms with Gasteiger partial charge in [-0.1, -0.05) is 30.3 Å². The Bertz CT molecular complexity index is 423. The summed E-state index contributed by atoms with van der Waals surface area (Å²) in [5.74, 6) is 0. The van der Waals surface area contributed by atoms with Gasteiger partial charge in [0.2, 0.25) is 0 Å². The summed E-state index contributed by atoms with van der Waals surface area (Å²) in [6, 6.07) is 12.5. The lowest BCUT2D eigenvalue weighted by atomic mass is 10.1. The zero-order valence-electron chi connectivity index (χ0n) is 9.44. The smallest absolute Gasteiger partial charge is 0.0878 e. The van der Waals surface area contributed by atoms with E-state index in [9.17, 15) is 0 Å². The van der Waals surface area contributed by atoms with E-state index in [0.29, 0.717) is 6.61 Å². The maximum absolute atomic E-state index is 5.03. The first-order valence-electron chi connectivity index (χ1n) is 5.44. The molecule has 3 nitrogen and oxygen atoms in total. The van der Waals surface area contributed by atoms with Gasteiger partial charge in [-0.2, -0.15) is 5.10 Å². The molecule has 0 saturated heterocycles. The number of benzene rings is 1. The zero-order chi connectivity index (χ0) is 11.2. The molecular formula is C13H16N2O. The van der Waals surface area contributed by atoms with Crippen LogP contribution in [0.4, 0.5) is 0 Å². The van der Waals surface area contributed by atoms with E-state index in [1.54, 1.807) is 7.11 Å². The van der Waals surface area contributed by atoms with Crippen LogP contribution in [0.1, 0.15) is 17.0 Å². The third-order valence-corrected chi connectivity index (χ3v) is 2.50. The molecule has 0 bridgehead atoms. The zero-order valence-corrected chi connectivity index (χ0v) is 9.44. The van der Waals surface area contributed by atoms with Crippen molar-refractivity contribution in [2.24, 2.45) is 0 Å². The quantitative estimate of drug-likeness (QED) is 0.833. The molecule has 3 heteroatoms. The summed E-state index contributed by atoms with van der Waals surface area (Å²) in [4.78, 5) is 0. The van der Waals surface area contributed by atoms with Crippen molar-refractivity contribution in [1.29, 1.82) is 0 Å². The Morgan fingerprint density at radius 1 is 1.19 bits per heavy atom. The SMILES string of the molecule is COCc1cc(CCc2ccccc2)n[nH]1. The molecule has 1 heterocycles. The molecule has 1 N–H and O–H groups in total. The van der Waals surface area contributed by atoms with Crippen molar-refractivity contribution < 1.29 is 4.74 Å². The summed E-state index contributed by atoms with van der Waals surface area (Å²) < 4.78 is 5.03. The van der Waals surface area contributed by atoms with Crippen LogP contribution in [0.5, 0.6) is 0 Å². The number of hydrogen-bond acceptors (Lipinski definition) is 2. The maximum Gasteiger partial charge on any atom is 0.0878 e. The Hall–Kier alpha value is -1.61. The van der Waals surface area contributed by atoms with Crippen molar-refractivity contribution in [2.75, 3.05) is 7.11 Å². The van der Waals surface area contributed by atoms with Crippen LogP contribution in [0.15, 0.2) is 36.4 Å². The van der Waals surface area contributed by atoms with Gasteiger partial charge in [-0.3, -0.25) is 5.10 Å². The molecule has 2 aromatic rings. The van der Waals surface area contributed by atoms with Crippen molar-refractivity contribution in [3.05, 3.63) is 53.3 Å². The van der Waals surface area contributed by atoms with Crippen molar-refractivity contribution in [3.63, 3.8) is 0 Å². The molecule has 0 aliphatic carbocycles. The van der Waals surface area contributed by atoms with Gasteiger partial charge in [0, 0.05) is 7.11 Å². The van der Waals surface area contributed by atoms with E-state index >= 15 is 0 Å². The number of nitrogens with zero attached hydrogens (tertiary/aromatic N) is 1. The molecule has 16 heavy (non-hydrogen) atoms. The van der Waals surface area contributed by atoms with E-state index in [2.05, 4.69) is 40.5 Å². The third-order valence-electron chi connectivity index (χ3n) is 2.50. The average Bonchev–Trinajstić information content (AvgIpc) is 2.76. The van der Waals surface area contributed by atoms with Crippen molar-refractivity contribution >= 4 is 0 Å². The largest absolute Gasteiger partial charge is 0.378 e. The molecule has 1 aromatic carbocycles. The number of hydrogen-bond donors (Lipinski definition) is 1. The number of H-pyrrole nitrogens is 1. The van der Waals surface area contributed by atoms with E-state index < -0.39 is 0 Å². The standard InChI is InChI=1S/C13H16N2O/c1-16-10-13-9-12(14-15-13)8-7-11-5-3-2-4-6-11/h2-6,9H,7-8,10H2,1H3,(H,14,15). The predicted molar refractivity (Wildman–Crippen MR) is 63.2 cm³/mol. The molecule has 0 aliphatic rings. The van der Waals surface area contributed by atoms with Crippen LogP contribution in [-0.2, 0) is 24.2 Å². The first-order valence-corrected chi connectivity index (χ1v) is 5.44. The predicted octanol–water partition coefficient (Wildman–Crippen LogP) is 2.34. The van der Waals surface area contributed by atoms with Gasteiger partial charge in [0.1, 0.15) is 0 Å². The molecule has 0 aliphatic heterocycles. The van der Waals surface area contributed by atoms with Crippen LogP contribution in [0.2, 0.25) is 0 Å². The first-order chi connectivity index (χ1) is 7.88. The summed E-state index contributed by atoms with van der Waals surface area (Å²) >= 11 is 0. The van der Waals surface area contributed by atoms with Crippen LogP contribution in [0, 0.1) is 0 Å². The highest BCUT2D eigenvalue weighted by molar-refractivity contribution is 5.17. The minimum atomic E-state index is 0.596. The summed E-state index contributed by atoms with van der Waals surface area (Å²) in [7, 11) is 1.69. The number of ether oxygens (including phenoxy) is 1. The third kappa shape index (κ3) is 2.94. The summed E-state index contributed by atoms with van der Waals surface area (Å²) in [6.45, 7) is 0.596. The molecule has 0 fully saturated rings. The van der Waals surface area contributed by atoms with Crippen LogP contribution in [-0.4, -0.2) is 17.3 Å². The fraction of sp³-hybridized carbons (Fsp3) is 0.308. The lowest BCUT2D eigenvalue weighted by molar-refractivity contribution is 0.181. The van der Waals surface area contributed by atoms with Gasteiger partial charge in [-0.15, -0.1) is 0 Å². The fourth-order valence-electron chi connectivity index (χ4n) is 1.68. The van der Waals surface area contributed by atoms with Crippen LogP contribution >= 0.6 is 0 Å². The Kier molecular flexibility index (Phi) is 3.72. The molecule has 84 valence electrons. The molecule has 1 aromatic heterocycles. The monoisotopic (exact) mass is 216 g/mol. The number of aromatic amines is 1. The van der Waals surface area contributed by atoms with Crippen molar-refractivity contribution in [2.45, 2.75) is 19.4 Å². The van der Waals surface area contributed by atoms with Crippen molar-refractivity contribution in [1.82, 2.24) is 10.2 Å². The van der Waals surface area contributed by atoms with Gasteiger partial charge in [0.15, 0.2) is 0 Å². The molecule has 0 saturated carbocycles. The van der Waals surface area contributed by atoms with Crippen LogP contribution in [0.3, 0.4) is 0 Å². The minimum absolute atomic E-state index is 0.596. The van der Waals surface area contributed by atoms with Crippen LogP contribution < -0.4 is 0 Å². The topological polar surface area (TPSA) is 37.9 Å². The highest BCUT2D eigenvalue weighted by Gasteiger charge is 2.01. The van der Waals surface area contributed by atoms with E-state index in [-0.39, 0.29) is 0 Å². The number of aryl methyl sites for hydroxylation is 2. The molecule has 0 atom stereocenters. The lowest BCUT2D eigenvalue weighted by Gasteiger charge is -1.97. The highest BCUT2D eigenvalue weighted by atomic mass is 16.5. The average molecular weight is 216 g/mol. The Labute approximate surface area is 95.5 Å². The molecule has 2 rings (SSSR count). The normalized spacial score (nSPS) is 10.6. The number of aromatic nitrogens is 2. The maximum atomic E-state index is 5.03. The van der Waals surface area contributed by atoms with E-state index in [4.69, 9.17) is 4.74 Å².